The molecule has 0 aliphatic rings. The first-order chi connectivity index (χ1) is 13.6. The van der Waals surface area contributed by atoms with Gasteiger partial charge in [0.1, 0.15) is 0 Å². The van der Waals surface area contributed by atoms with Crippen LogP contribution < -0.4 is 9.47 Å². The summed E-state index contributed by atoms with van der Waals surface area (Å²) in [5, 5.41) is 13.4. The third-order valence-corrected chi connectivity index (χ3v) is 6.28. The van der Waals surface area contributed by atoms with Crippen molar-refractivity contribution in [3.63, 3.8) is 0 Å². The molecule has 4 rings (SSSR count). The minimum Gasteiger partial charge on any atom is -0.494 e. The summed E-state index contributed by atoms with van der Waals surface area (Å²) >= 11 is 3.12. The standard InChI is InChI=1S/C19H18N4O3S2/c1-10-16-12(18(24)23(10)15-9-28-19(22-15)27-4)5-6-13(21-16)11-7-14(25-2)17(26-3)20-8-11/h5-9,24H,1-4H3. The number of methoxy groups -OCH3 is 2. The number of hydrogen-bond donors (Lipinski definition) is 1. The summed E-state index contributed by atoms with van der Waals surface area (Å²) in [5.74, 6) is 1.78. The molecule has 0 atom stereocenters. The molecule has 7 nitrogen and oxygen atoms in total. The van der Waals surface area contributed by atoms with E-state index in [-0.39, 0.29) is 5.88 Å². The summed E-state index contributed by atoms with van der Waals surface area (Å²) < 4.78 is 13.2. The van der Waals surface area contributed by atoms with Gasteiger partial charge < -0.3 is 14.6 Å². The lowest BCUT2D eigenvalue weighted by atomic mass is 10.1. The van der Waals surface area contributed by atoms with E-state index in [4.69, 9.17) is 14.5 Å². The number of fused-ring (bicyclic) bond motifs is 1. The van der Waals surface area contributed by atoms with E-state index in [0.717, 1.165) is 21.3 Å². The molecule has 0 spiro atoms. The zero-order valence-electron chi connectivity index (χ0n) is 15.8. The molecule has 0 amide bonds. The zero-order valence-corrected chi connectivity index (χ0v) is 17.4. The predicted octanol–water partition coefficient (Wildman–Crippen LogP) is 4.30. The maximum atomic E-state index is 10.7. The highest BCUT2D eigenvalue weighted by Gasteiger charge is 2.19. The average Bonchev–Trinajstić information content (AvgIpc) is 3.30. The van der Waals surface area contributed by atoms with Crippen molar-refractivity contribution in [1.29, 1.82) is 0 Å². The van der Waals surface area contributed by atoms with Crippen molar-refractivity contribution < 1.29 is 14.6 Å². The van der Waals surface area contributed by atoms with Crippen molar-refractivity contribution in [2.24, 2.45) is 0 Å². The van der Waals surface area contributed by atoms with E-state index in [2.05, 4.69) is 9.97 Å². The Kier molecular flexibility index (Phi) is 4.86. The Morgan fingerprint density at radius 3 is 2.68 bits per heavy atom. The fraction of sp³-hybridized carbons (Fsp3) is 0.211. The lowest BCUT2D eigenvalue weighted by Gasteiger charge is -2.08. The zero-order chi connectivity index (χ0) is 19.8. The van der Waals surface area contributed by atoms with Gasteiger partial charge in [0.05, 0.1) is 36.5 Å². The summed E-state index contributed by atoms with van der Waals surface area (Å²) in [6.45, 7) is 1.92. The molecule has 1 N–H and O–H groups in total. The van der Waals surface area contributed by atoms with Crippen LogP contribution in [0.1, 0.15) is 5.69 Å². The molecule has 0 aliphatic carbocycles. The van der Waals surface area contributed by atoms with E-state index in [1.165, 1.54) is 0 Å². The second kappa shape index (κ2) is 7.33. The van der Waals surface area contributed by atoms with Gasteiger partial charge in [-0.1, -0.05) is 11.8 Å². The van der Waals surface area contributed by atoms with E-state index in [1.54, 1.807) is 48.1 Å². The summed E-state index contributed by atoms with van der Waals surface area (Å²) in [6, 6.07) is 5.54. The first kappa shape index (κ1) is 18.6. The minimum atomic E-state index is 0.134. The number of pyridine rings is 2. The smallest absolute Gasteiger partial charge is 0.256 e. The Bertz CT molecular complexity index is 1170. The maximum absolute atomic E-state index is 10.7. The molecular formula is C19H18N4O3S2. The molecule has 4 heterocycles. The number of aromatic hydroxyl groups is 1. The molecule has 0 fully saturated rings. The Morgan fingerprint density at radius 2 is 2.00 bits per heavy atom. The van der Waals surface area contributed by atoms with E-state index in [0.29, 0.717) is 28.4 Å². The van der Waals surface area contributed by atoms with Crippen LogP contribution in [0.4, 0.5) is 0 Å². The molecule has 0 bridgehead atoms. The number of aromatic nitrogens is 4. The molecule has 0 aliphatic heterocycles. The number of aryl methyl sites for hydroxylation is 1. The predicted molar refractivity (Wildman–Crippen MR) is 111 cm³/mol. The van der Waals surface area contributed by atoms with Gasteiger partial charge >= 0.3 is 0 Å². The summed E-state index contributed by atoms with van der Waals surface area (Å²) in [4.78, 5) is 13.6. The lowest BCUT2D eigenvalue weighted by molar-refractivity contribution is 0.343. The average molecular weight is 415 g/mol. The van der Waals surface area contributed by atoms with Gasteiger partial charge in [-0.15, -0.1) is 11.3 Å². The van der Waals surface area contributed by atoms with E-state index in [1.807, 2.05) is 36.8 Å². The Hall–Kier alpha value is -2.78. The van der Waals surface area contributed by atoms with Crippen LogP contribution in [0.5, 0.6) is 17.5 Å². The lowest BCUT2D eigenvalue weighted by Crippen LogP contribution is -1.96. The largest absolute Gasteiger partial charge is 0.494 e. The normalized spacial score (nSPS) is 11.1. The van der Waals surface area contributed by atoms with Crippen molar-refractivity contribution in [2.45, 2.75) is 11.3 Å². The Balaban J connectivity index is 1.85. The molecule has 0 radical (unpaired) electrons. The van der Waals surface area contributed by atoms with Crippen LogP contribution in [-0.2, 0) is 0 Å². The Labute approximate surface area is 170 Å². The highest BCUT2D eigenvalue weighted by atomic mass is 32.2. The molecular weight excluding hydrogens is 396 g/mol. The van der Waals surface area contributed by atoms with Crippen LogP contribution in [0.3, 0.4) is 0 Å². The monoisotopic (exact) mass is 414 g/mol. The molecule has 0 saturated heterocycles. The molecule has 0 unspecified atom stereocenters. The first-order valence-electron chi connectivity index (χ1n) is 8.36. The third kappa shape index (κ3) is 2.96. The van der Waals surface area contributed by atoms with Gasteiger partial charge in [0.25, 0.3) is 5.88 Å². The van der Waals surface area contributed by atoms with Crippen LogP contribution in [0.25, 0.3) is 28.0 Å². The van der Waals surface area contributed by atoms with E-state index < -0.39 is 0 Å². The number of thioether (sulfide) groups is 1. The number of thiazole rings is 1. The van der Waals surface area contributed by atoms with Crippen LogP contribution in [0.15, 0.2) is 34.1 Å². The molecule has 4 aromatic heterocycles. The summed E-state index contributed by atoms with van der Waals surface area (Å²) in [7, 11) is 3.11. The number of hydrogen-bond acceptors (Lipinski definition) is 8. The SMILES string of the molecule is COc1cc(-c2ccc3c(O)n(-c4csc(SC)n4)c(C)c3n2)cnc1OC. The van der Waals surface area contributed by atoms with E-state index >= 15 is 0 Å². The van der Waals surface area contributed by atoms with Crippen molar-refractivity contribution in [3.05, 3.63) is 35.5 Å². The van der Waals surface area contributed by atoms with Gasteiger partial charge in [-0.2, -0.15) is 0 Å². The van der Waals surface area contributed by atoms with Gasteiger partial charge in [0, 0.05) is 17.1 Å². The van der Waals surface area contributed by atoms with Gasteiger partial charge in [-0.05, 0) is 31.4 Å². The van der Waals surface area contributed by atoms with E-state index in [9.17, 15) is 5.11 Å². The highest BCUT2D eigenvalue weighted by molar-refractivity contribution is 8.00. The number of nitrogens with zero attached hydrogens (tertiary/aromatic N) is 4. The Morgan fingerprint density at radius 1 is 1.18 bits per heavy atom. The highest BCUT2D eigenvalue weighted by Crippen LogP contribution is 2.36. The fourth-order valence-electron chi connectivity index (χ4n) is 3.06. The molecule has 9 heteroatoms. The molecule has 144 valence electrons. The number of ether oxygens (including phenoxy) is 2. The first-order valence-corrected chi connectivity index (χ1v) is 10.5. The van der Waals surface area contributed by atoms with Crippen LogP contribution in [0.2, 0.25) is 0 Å². The van der Waals surface area contributed by atoms with Crippen molar-refractivity contribution in [1.82, 2.24) is 19.5 Å². The summed E-state index contributed by atoms with van der Waals surface area (Å²) in [5.41, 5.74) is 3.05. The fourth-order valence-corrected chi connectivity index (χ4v) is 4.28. The van der Waals surface area contributed by atoms with Crippen LogP contribution in [-0.4, -0.2) is 45.1 Å². The van der Waals surface area contributed by atoms with Gasteiger partial charge in [0.15, 0.2) is 15.9 Å². The van der Waals surface area contributed by atoms with Crippen LogP contribution in [0, 0.1) is 6.92 Å². The quantitative estimate of drug-likeness (QED) is 0.488. The second-order valence-corrected chi connectivity index (χ2v) is 7.86. The van der Waals surface area contributed by atoms with Crippen LogP contribution >= 0.6 is 23.1 Å². The molecule has 0 saturated carbocycles. The molecule has 0 aromatic carbocycles. The van der Waals surface area contributed by atoms with Gasteiger partial charge in [0.2, 0.25) is 5.88 Å². The van der Waals surface area contributed by atoms with Crippen molar-refractivity contribution in [3.8, 4) is 34.6 Å². The summed E-state index contributed by atoms with van der Waals surface area (Å²) in [6.07, 6.45) is 3.67. The number of rotatable bonds is 5. The van der Waals surface area contributed by atoms with Crippen molar-refractivity contribution in [2.75, 3.05) is 20.5 Å². The van der Waals surface area contributed by atoms with Gasteiger partial charge in [-0.3, -0.25) is 4.57 Å². The third-order valence-electron chi connectivity index (χ3n) is 4.43. The van der Waals surface area contributed by atoms with Gasteiger partial charge in [-0.25, -0.2) is 15.0 Å². The minimum absolute atomic E-state index is 0.134. The molecule has 4 aromatic rings. The molecule has 28 heavy (non-hydrogen) atoms. The topological polar surface area (TPSA) is 82.3 Å². The maximum Gasteiger partial charge on any atom is 0.256 e. The van der Waals surface area contributed by atoms with Crippen molar-refractivity contribution >= 4 is 34.0 Å². The second-order valence-electron chi connectivity index (χ2n) is 5.95.